The minimum atomic E-state index is -3.64. The number of nitrogens with one attached hydrogen (secondary N) is 1. The van der Waals surface area contributed by atoms with Gasteiger partial charge in [-0.3, -0.25) is 0 Å². The number of hydrogen-bond acceptors (Lipinski definition) is 3. The molecule has 0 aromatic heterocycles. The zero-order valence-electron chi connectivity index (χ0n) is 14.4. The van der Waals surface area contributed by atoms with E-state index in [0.29, 0.717) is 13.1 Å². The third kappa shape index (κ3) is 4.40. The molecule has 1 fully saturated rings. The molecule has 0 amide bonds. The fourth-order valence-electron chi connectivity index (χ4n) is 3.04. The van der Waals surface area contributed by atoms with Crippen molar-refractivity contribution >= 4 is 33.4 Å². The Morgan fingerprint density at radius 3 is 2.38 bits per heavy atom. The lowest BCUT2D eigenvalue weighted by Crippen LogP contribution is -3.13. The van der Waals surface area contributed by atoms with Gasteiger partial charge in [0.25, 0.3) is 0 Å². The van der Waals surface area contributed by atoms with Gasteiger partial charge in [0, 0.05) is 10.5 Å². The number of hydrogen-bond donors (Lipinski definition) is 1. The number of benzene rings is 2. The van der Waals surface area contributed by atoms with E-state index in [0.717, 1.165) is 25.7 Å². The summed E-state index contributed by atoms with van der Waals surface area (Å²) in [5.74, 6) is -0.618. The molecule has 26 heavy (non-hydrogen) atoms. The van der Waals surface area contributed by atoms with Gasteiger partial charge in [-0.05, 0) is 36.6 Å². The molecular weight excluding hydrogens is 395 g/mol. The summed E-state index contributed by atoms with van der Waals surface area (Å²) in [7, 11) is -3.64. The smallest absolute Gasteiger partial charge is 0.243 e. The number of halogens is 2. The Labute approximate surface area is 163 Å². The van der Waals surface area contributed by atoms with Crippen LogP contribution < -0.4 is 4.90 Å². The number of piperazine rings is 1. The first-order valence-corrected chi connectivity index (χ1v) is 11.4. The van der Waals surface area contributed by atoms with Crippen molar-refractivity contribution in [2.75, 3.05) is 32.4 Å². The molecule has 0 atom stereocenters. The van der Waals surface area contributed by atoms with Gasteiger partial charge in [0.05, 0.1) is 36.1 Å². The van der Waals surface area contributed by atoms with E-state index in [2.05, 4.69) is 24.3 Å². The number of thioether (sulfide) groups is 1. The highest BCUT2D eigenvalue weighted by atomic mass is 35.5. The molecule has 2 aromatic rings. The van der Waals surface area contributed by atoms with Crippen LogP contribution in [0.25, 0.3) is 0 Å². The first-order valence-electron chi connectivity index (χ1n) is 8.32. The van der Waals surface area contributed by atoms with Crippen LogP contribution >= 0.6 is 23.4 Å². The number of nitrogens with zero attached hydrogens (tertiary/aromatic N) is 1. The molecule has 3 rings (SSSR count). The second-order valence-electron chi connectivity index (χ2n) is 6.25. The molecule has 4 nitrogen and oxygen atoms in total. The summed E-state index contributed by atoms with van der Waals surface area (Å²) in [6, 6.07) is 12.0. The lowest BCUT2D eigenvalue weighted by atomic mass is 10.2. The van der Waals surface area contributed by atoms with Crippen molar-refractivity contribution in [3.05, 3.63) is 58.9 Å². The Balaban J connectivity index is 1.62. The molecule has 0 unspecified atom stereocenters. The molecule has 0 saturated carbocycles. The number of sulfonamides is 1. The molecule has 1 aliphatic rings. The monoisotopic (exact) mass is 415 g/mol. The summed E-state index contributed by atoms with van der Waals surface area (Å²) in [4.78, 5) is 2.63. The third-order valence-corrected chi connectivity index (χ3v) is 7.50. The lowest BCUT2D eigenvalue weighted by Gasteiger charge is -2.31. The fourth-order valence-corrected chi connectivity index (χ4v) is 5.16. The molecule has 0 radical (unpaired) electrons. The summed E-state index contributed by atoms with van der Waals surface area (Å²) < 4.78 is 40.2. The largest absolute Gasteiger partial charge is 0.329 e. The van der Waals surface area contributed by atoms with Gasteiger partial charge >= 0.3 is 0 Å². The quantitative estimate of drug-likeness (QED) is 0.762. The first-order chi connectivity index (χ1) is 12.4. The SMILES string of the molecule is CSc1ccc(C[NH+]2CCN(S(=O)(=O)c3ccc(F)c(Cl)c3)CC2)cc1. The van der Waals surface area contributed by atoms with E-state index >= 15 is 0 Å². The summed E-state index contributed by atoms with van der Waals surface area (Å²) in [5, 5.41) is -0.177. The maximum atomic E-state index is 13.3. The van der Waals surface area contributed by atoms with Crippen molar-refractivity contribution in [1.82, 2.24) is 4.31 Å². The van der Waals surface area contributed by atoms with Crippen LogP contribution in [0.1, 0.15) is 5.56 Å². The van der Waals surface area contributed by atoms with E-state index in [1.807, 2.05) is 6.26 Å². The van der Waals surface area contributed by atoms with Crippen molar-refractivity contribution in [2.24, 2.45) is 0 Å². The van der Waals surface area contributed by atoms with E-state index in [-0.39, 0.29) is 9.92 Å². The van der Waals surface area contributed by atoms with Crippen molar-refractivity contribution in [2.45, 2.75) is 16.3 Å². The summed E-state index contributed by atoms with van der Waals surface area (Å²) in [6.45, 7) is 3.23. The molecule has 1 heterocycles. The molecule has 1 aliphatic heterocycles. The van der Waals surface area contributed by atoms with Crippen molar-refractivity contribution in [3.8, 4) is 0 Å². The van der Waals surface area contributed by atoms with Crippen LogP contribution in [0.15, 0.2) is 52.3 Å². The average molecular weight is 416 g/mol. The number of rotatable bonds is 5. The van der Waals surface area contributed by atoms with Crippen molar-refractivity contribution in [1.29, 1.82) is 0 Å². The number of quaternary nitrogens is 1. The highest BCUT2D eigenvalue weighted by Gasteiger charge is 2.30. The summed E-state index contributed by atoms with van der Waals surface area (Å²) in [6.07, 6.45) is 2.05. The second-order valence-corrected chi connectivity index (χ2v) is 9.48. The van der Waals surface area contributed by atoms with Crippen LogP contribution in [-0.2, 0) is 16.6 Å². The van der Waals surface area contributed by atoms with Crippen LogP contribution in [0.2, 0.25) is 5.02 Å². The first kappa shape index (κ1) is 19.6. The Morgan fingerprint density at radius 1 is 1.15 bits per heavy atom. The topological polar surface area (TPSA) is 41.8 Å². The zero-order valence-corrected chi connectivity index (χ0v) is 16.8. The second kappa shape index (κ2) is 8.27. The Bertz CT molecular complexity index is 867. The van der Waals surface area contributed by atoms with E-state index in [1.54, 1.807) is 11.8 Å². The maximum Gasteiger partial charge on any atom is 0.243 e. The molecule has 140 valence electrons. The third-order valence-electron chi connectivity index (χ3n) is 4.57. The van der Waals surface area contributed by atoms with Gasteiger partial charge in [0.15, 0.2) is 0 Å². The van der Waals surface area contributed by atoms with Gasteiger partial charge in [-0.1, -0.05) is 23.7 Å². The minimum absolute atomic E-state index is 0.0417. The average Bonchev–Trinajstić information content (AvgIpc) is 2.65. The zero-order chi connectivity index (χ0) is 18.7. The van der Waals surface area contributed by atoms with E-state index in [4.69, 9.17) is 11.6 Å². The Hall–Kier alpha value is -1.12. The van der Waals surface area contributed by atoms with Crippen molar-refractivity contribution < 1.29 is 17.7 Å². The predicted molar refractivity (Wildman–Crippen MR) is 103 cm³/mol. The normalized spacial score (nSPS) is 16.7. The molecule has 2 aromatic carbocycles. The Kier molecular flexibility index (Phi) is 6.25. The maximum absolute atomic E-state index is 13.3. The molecule has 0 bridgehead atoms. The molecule has 1 saturated heterocycles. The Morgan fingerprint density at radius 2 is 1.81 bits per heavy atom. The van der Waals surface area contributed by atoms with E-state index in [9.17, 15) is 12.8 Å². The van der Waals surface area contributed by atoms with E-state index < -0.39 is 15.8 Å². The van der Waals surface area contributed by atoms with Gasteiger partial charge < -0.3 is 4.90 Å². The summed E-state index contributed by atoms with van der Waals surface area (Å²) in [5.41, 5.74) is 1.25. The summed E-state index contributed by atoms with van der Waals surface area (Å²) >= 11 is 7.44. The van der Waals surface area contributed by atoms with Crippen LogP contribution in [0.3, 0.4) is 0 Å². The fraction of sp³-hybridized carbons (Fsp3) is 0.333. The van der Waals surface area contributed by atoms with Gasteiger partial charge in [-0.2, -0.15) is 4.31 Å². The van der Waals surface area contributed by atoms with Gasteiger partial charge in [0.2, 0.25) is 10.0 Å². The molecule has 0 spiro atoms. The van der Waals surface area contributed by atoms with Crippen LogP contribution in [0, 0.1) is 5.82 Å². The molecule has 0 aliphatic carbocycles. The lowest BCUT2D eigenvalue weighted by molar-refractivity contribution is -0.917. The van der Waals surface area contributed by atoms with Crippen LogP contribution in [0.5, 0.6) is 0 Å². The molecule has 1 N–H and O–H groups in total. The predicted octanol–water partition coefficient (Wildman–Crippen LogP) is 2.29. The molecular formula is C18H21ClFN2O2S2+. The molecule has 8 heteroatoms. The minimum Gasteiger partial charge on any atom is -0.329 e. The van der Waals surface area contributed by atoms with Crippen molar-refractivity contribution in [3.63, 3.8) is 0 Å². The van der Waals surface area contributed by atoms with Gasteiger partial charge in [0.1, 0.15) is 12.4 Å². The van der Waals surface area contributed by atoms with E-state index in [1.165, 1.54) is 31.8 Å². The van der Waals surface area contributed by atoms with Gasteiger partial charge in [-0.25, -0.2) is 12.8 Å². The highest BCUT2D eigenvalue weighted by molar-refractivity contribution is 7.98. The standard InChI is InChI=1S/C18H20ClFN2O2S2/c1-25-15-4-2-14(3-5-15)13-21-8-10-22(11-9-21)26(23,24)16-6-7-18(20)17(19)12-16/h2-7,12H,8-11,13H2,1H3/p+1. The van der Waals surface area contributed by atoms with Crippen LogP contribution in [0.4, 0.5) is 4.39 Å². The van der Waals surface area contributed by atoms with Gasteiger partial charge in [-0.15, -0.1) is 11.8 Å². The van der Waals surface area contributed by atoms with Crippen LogP contribution in [-0.4, -0.2) is 45.2 Å². The highest BCUT2D eigenvalue weighted by Crippen LogP contribution is 2.22.